The Labute approximate surface area is 193 Å². The van der Waals surface area contributed by atoms with Gasteiger partial charge in [-0.2, -0.15) is 13.2 Å². The number of anilines is 1. The number of aliphatic carboxylic acids is 1. The summed E-state index contributed by atoms with van der Waals surface area (Å²) in [5.41, 5.74) is -0.0823. The molecule has 0 unspecified atom stereocenters. The fourth-order valence-electron chi connectivity index (χ4n) is 4.10. The average molecular weight is 479 g/mol. The van der Waals surface area contributed by atoms with Crippen molar-refractivity contribution in [1.82, 2.24) is 4.90 Å². The predicted molar refractivity (Wildman–Crippen MR) is 117 cm³/mol. The van der Waals surface area contributed by atoms with Crippen LogP contribution in [0.25, 0.3) is 0 Å². The van der Waals surface area contributed by atoms with Crippen molar-refractivity contribution < 1.29 is 32.8 Å². The Morgan fingerprint density at radius 1 is 1.09 bits per heavy atom. The maximum Gasteiger partial charge on any atom is 0.416 e. The Kier molecular flexibility index (Phi) is 7.75. The first-order chi connectivity index (χ1) is 16.1. The number of carboxylic acids is 1. The molecule has 0 bridgehead atoms. The number of nitrogens with zero attached hydrogens (tertiary/aromatic N) is 3. The van der Waals surface area contributed by atoms with Crippen LogP contribution in [-0.2, 0) is 22.2 Å². The van der Waals surface area contributed by atoms with E-state index in [2.05, 4.69) is 0 Å². The third kappa shape index (κ3) is 6.24. The highest BCUT2D eigenvalue weighted by Gasteiger charge is 2.32. The van der Waals surface area contributed by atoms with Gasteiger partial charge in [-0.25, -0.2) is 0 Å². The van der Waals surface area contributed by atoms with Crippen molar-refractivity contribution >= 4 is 23.3 Å². The minimum absolute atomic E-state index is 0.0321. The van der Waals surface area contributed by atoms with Crippen LogP contribution in [0.15, 0.2) is 48.5 Å². The van der Waals surface area contributed by atoms with Crippen LogP contribution in [0.5, 0.6) is 0 Å². The van der Waals surface area contributed by atoms with Crippen molar-refractivity contribution in [1.29, 1.82) is 0 Å². The summed E-state index contributed by atoms with van der Waals surface area (Å²) in [5.74, 6) is -1.24. The molecule has 8 nitrogen and oxygen atoms in total. The lowest BCUT2D eigenvalue weighted by molar-refractivity contribution is -0.384. The van der Waals surface area contributed by atoms with E-state index in [9.17, 15) is 32.9 Å². The van der Waals surface area contributed by atoms with E-state index in [1.54, 1.807) is 28.0 Å². The van der Waals surface area contributed by atoms with Crippen molar-refractivity contribution in [3.8, 4) is 0 Å². The second-order valence-corrected chi connectivity index (χ2v) is 8.07. The summed E-state index contributed by atoms with van der Waals surface area (Å²) in [5, 5.41) is 20.6. The second-order valence-electron chi connectivity index (χ2n) is 8.07. The number of halogens is 3. The second kappa shape index (κ2) is 10.5. The first kappa shape index (κ1) is 25.0. The Morgan fingerprint density at radius 2 is 1.71 bits per heavy atom. The summed E-state index contributed by atoms with van der Waals surface area (Å²) in [6.07, 6.45) is -3.71. The lowest BCUT2D eigenvalue weighted by atomic mass is 10.00. The number of amides is 1. The summed E-state index contributed by atoms with van der Waals surface area (Å²) in [7, 11) is 0. The quantitative estimate of drug-likeness (QED) is 0.451. The van der Waals surface area contributed by atoms with Gasteiger partial charge in [-0.15, -0.1) is 0 Å². The number of rotatable bonds is 8. The molecular weight excluding hydrogens is 455 g/mol. The normalized spacial score (nSPS) is 14.6. The fraction of sp³-hybridized carbons (Fsp3) is 0.391. The van der Waals surface area contributed by atoms with Gasteiger partial charge in [0, 0.05) is 31.7 Å². The predicted octanol–water partition coefficient (Wildman–Crippen LogP) is 4.13. The number of likely N-dealkylation sites (tertiary alicyclic amines) is 1. The molecule has 182 valence electrons. The van der Waals surface area contributed by atoms with E-state index in [1.165, 1.54) is 18.2 Å². The van der Waals surface area contributed by atoms with Crippen molar-refractivity contribution in [2.24, 2.45) is 0 Å². The standard InChI is InChI=1S/C23H24F3N3O5/c24-23(25,26)17-7-5-16(6-8-17)15-21(30)27-12-9-18(10-13-27)28(14-11-22(31)32)19-3-1-2-4-20(19)29(33)34/h1-8,18H,9-15H2,(H,31,32). The summed E-state index contributed by atoms with van der Waals surface area (Å²) in [6.45, 7) is 0.799. The molecule has 11 heteroatoms. The topological polar surface area (TPSA) is 104 Å². The van der Waals surface area contributed by atoms with Crippen LogP contribution in [0.4, 0.5) is 24.5 Å². The first-order valence-corrected chi connectivity index (χ1v) is 10.7. The number of nitro benzene ring substituents is 1. The van der Waals surface area contributed by atoms with Gasteiger partial charge in [0.15, 0.2) is 0 Å². The highest BCUT2D eigenvalue weighted by Crippen LogP contribution is 2.32. The molecule has 0 aromatic heterocycles. The minimum atomic E-state index is -4.44. The number of carbonyl (C=O) groups excluding carboxylic acids is 1. The third-order valence-corrected chi connectivity index (χ3v) is 5.85. The van der Waals surface area contributed by atoms with Crippen LogP contribution >= 0.6 is 0 Å². The molecule has 1 aliphatic heterocycles. The number of alkyl halides is 3. The van der Waals surface area contributed by atoms with Crippen LogP contribution in [0.2, 0.25) is 0 Å². The molecular formula is C23H24F3N3O5. The summed E-state index contributed by atoms with van der Waals surface area (Å²) >= 11 is 0. The lowest BCUT2D eigenvalue weighted by Gasteiger charge is -2.39. The zero-order chi connectivity index (χ0) is 24.9. The van der Waals surface area contributed by atoms with Gasteiger partial charge in [0.25, 0.3) is 5.69 Å². The smallest absolute Gasteiger partial charge is 0.416 e. The number of benzene rings is 2. The van der Waals surface area contributed by atoms with E-state index < -0.39 is 22.6 Å². The van der Waals surface area contributed by atoms with Crippen LogP contribution in [0, 0.1) is 10.1 Å². The molecule has 34 heavy (non-hydrogen) atoms. The van der Waals surface area contributed by atoms with Crippen molar-refractivity contribution in [3.63, 3.8) is 0 Å². The van der Waals surface area contributed by atoms with Crippen LogP contribution < -0.4 is 4.90 Å². The number of hydrogen-bond donors (Lipinski definition) is 1. The van der Waals surface area contributed by atoms with Gasteiger partial charge in [-0.3, -0.25) is 19.7 Å². The van der Waals surface area contributed by atoms with Crippen molar-refractivity contribution in [2.75, 3.05) is 24.5 Å². The van der Waals surface area contributed by atoms with Gasteiger partial charge in [0.1, 0.15) is 5.69 Å². The van der Waals surface area contributed by atoms with E-state index in [1.807, 2.05) is 0 Å². The molecule has 2 aromatic rings. The first-order valence-electron chi connectivity index (χ1n) is 10.7. The SMILES string of the molecule is O=C(O)CCN(c1ccccc1[N+](=O)[O-])C1CCN(C(=O)Cc2ccc(C(F)(F)F)cc2)CC1. The number of piperidine rings is 1. The highest BCUT2D eigenvalue weighted by atomic mass is 19.4. The Morgan fingerprint density at radius 3 is 2.26 bits per heavy atom. The van der Waals surface area contributed by atoms with Crippen molar-refractivity contribution in [3.05, 3.63) is 69.8 Å². The molecule has 2 aromatic carbocycles. The van der Waals surface area contributed by atoms with E-state index >= 15 is 0 Å². The monoisotopic (exact) mass is 479 g/mol. The van der Waals surface area contributed by atoms with E-state index in [4.69, 9.17) is 5.11 Å². The maximum atomic E-state index is 12.7. The number of carboxylic acid groups (broad SMARTS) is 1. The maximum absolute atomic E-state index is 12.7. The Hall–Kier alpha value is -3.63. The number of nitro groups is 1. The molecule has 0 saturated carbocycles. The van der Waals surface area contributed by atoms with E-state index in [0.717, 1.165) is 12.1 Å². The van der Waals surface area contributed by atoms with Gasteiger partial charge in [-0.05, 0) is 36.6 Å². The number of para-hydroxylation sites is 2. The van der Waals surface area contributed by atoms with E-state index in [-0.39, 0.29) is 37.0 Å². The molecule has 1 saturated heterocycles. The molecule has 1 amide bonds. The molecule has 0 radical (unpaired) electrons. The summed E-state index contributed by atoms with van der Waals surface area (Å²) < 4.78 is 38.2. The van der Waals surface area contributed by atoms with Crippen LogP contribution in [-0.4, -0.2) is 52.5 Å². The lowest BCUT2D eigenvalue weighted by Crippen LogP contribution is -2.48. The molecule has 0 aliphatic carbocycles. The molecule has 0 spiro atoms. The molecule has 1 fully saturated rings. The van der Waals surface area contributed by atoms with Gasteiger partial charge in [0.05, 0.1) is 23.3 Å². The molecule has 1 N–H and O–H groups in total. The number of carbonyl (C=O) groups is 2. The van der Waals surface area contributed by atoms with Gasteiger partial charge >= 0.3 is 12.1 Å². The number of hydrogen-bond acceptors (Lipinski definition) is 5. The Balaban J connectivity index is 1.66. The average Bonchev–Trinajstić information content (AvgIpc) is 2.79. The van der Waals surface area contributed by atoms with Crippen LogP contribution in [0.3, 0.4) is 0 Å². The van der Waals surface area contributed by atoms with Gasteiger partial charge < -0.3 is 14.9 Å². The summed E-state index contributed by atoms with van der Waals surface area (Å²) in [4.78, 5) is 38.1. The van der Waals surface area contributed by atoms with Gasteiger partial charge in [0.2, 0.25) is 5.91 Å². The molecule has 3 rings (SSSR count). The van der Waals surface area contributed by atoms with E-state index in [0.29, 0.717) is 37.2 Å². The molecule has 0 atom stereocenters. The Bertz CT molecular complexity index is 1030. The molecule has 1 heterocycles. The fourth-order valence-corrected chi connectivity index (χ4v) is 4.10. The third-order valence-electron chi connectivity index (χ3n) is 5.85. The zero-order valence-corrected chi connectivity index (χ0v) is 18.2. The largest absolute Gasteiger partial charge is 0.481 e. The van der Waals surface area contributed by atoms with Crippen LogP contribution in [0.1, 0.15) is 30.4 Å². The molecule has 1 aliphatic rings. The van der Waals surface area contributed by atoms with Crippen molar-refractivity contribution in [2.45, 2.75) is 37.9 Å². The summed E-state index contributed by atoms with van der Waals surface area (Å²) in [6, 6.07) is 10.4. The van der Waals surface area contributed by atoms with Gasteiger partial charge in [-0.1, -0.05) is 24.3 Å². The highest BCUT2D eigenvalue weighted by molar-refractivity contribution is 5.79. The zero-order valence-electron chi connectivity index (χ0n) is 18.2. The minimum Gasteiger partial charge on any atom is -0.481 e.